The van der Waals surface area contributed by atoms with Gasteiger partial charge in [-0.3, -0.25) is 4.79 Å². The Morgan fingerprint density at radius 2 is 2.37 bits per heavy atom. The molecule has 19 heavy (non-hydrogen) atoms. The van der Waals surface area contributed by atoms with Gasteiger partial charge in [0.05, 0.1) is 12.1 Å². The van der Waals surface area contributed by atoms with E-state index in [-0.39, 0.29) is 12.5 Å². The van der Waals surface area contributed by atoms with Crippen molar-refractivity contribution in [3.8, 4) is 0 Å². The molecule has 0 bridgehead atoms. The lowest BCUT2D eigenvalue weighted by Gasteiger charge is -2.39. The van der Waals surface area contributed by atoms with Crippen LogP contribution in [-0.4, -0.2) is 23.2 Å². The average Bonchev–Trinajstić information content (AvgIpc) is 2.38. The van der Waals surface area contributed by atoms with Gasteiger partial charge in [-0.1, -0.05) is 25.8 Å². The minimum Gasteiger partial charge on any atom is -0.394 e. The number of halogens is 1. The van der Waals surface area contributed by atoms with Crippen molar-refractivity contribution in [3.63, 3.8) is 0 Å². The van der Waals surface area contributed by atoms with Gasteiger partial charge in [-0.15, -0.1) is 0 Å². The molecule has 0 heterocycles. The summed E-state index contributed by atoms with van der Waals surface area (Å²) in [6.07, 6.45) is 3.97. The Balaban J connectivity index is 2.12. The normalized spacial score (nSPS) is 27.0. The minimum atomic E-state index is -0.434. The molecule has 1 saturated carbocycles. The number of aliphatic hydroxyl groups excluding tert-OH is 1. The van der Waals surface area contributed by atoms with Gasteiger partial charge in [-0.2, -0.15) is 0 Å². The highest BCUT2D eigenvalue weighted by molar-refractivity contribution is 14.1. The molecule has 0 saturated heterocycles. The first-order valence-electron chi connectivity index (χ1n) is 6.74. The Kier molecular flexibility index (Phi) is 4.84. The van der Waals surface area contributed by atoms with Gasteiger partial charge in [0.15, 0.2) is 0 Å². The van der Waals surface area contributed by atoms with Gasteiger partial charge in [0.2, 0.25) is 0 Å². The second kappa shape index (κ2) is 6.22. The lowest BCUT2D eigenvalue weighted by Crippen LogP contribution is -2.53. The van der Waals surface area contributed by atoms with Crippen LogP contribution < -0.4 is 5.32 Å². The van der Waals surface area contributed by atoms with Crippen molar-refractivity contribution in [2.45, 2.75) is 38.1 Å². The Labute approximate surface area is 127 Å². The Hall–Kier alpha value is -0.620. The maximum Gasteiger partial charge on any atom is 0.251 e. The fraction of sp³-hybridized carbons (Fsp3) is 0.533. The number of nitrogens with one attached hydrogen (secondary N) is 1. The van der Waals surface area contributed by atoms with Gasteiger partial charge in [-0.25, -0.2) is 0 Å². The number of hydrogen-bond acceptors (Lipinski definition) is 2. The molecule has 0 aliphatic heterocycles. The fourth-order valence-electron chi connectivity index (χ4n) is 2.90. The van der Waals surface area contributed by atoms with Gasteiger partial charge in [0.1, 0.15) is 0 Å². The van der Waals surface area contributed by atoms with Crippen molar-refractivity contribution in [3.05, 3.63) is 33.4 Å². The number of hydrogen-bond donors (Lipinski definition) is 2. The molecule has 1 aromatic carbocycles. The minimum absolute atomic E-state index is 0.0208. The Morgan fingerprint density at radius 1 is 1.58 bits per heavy atom. The Morgan fingerprint density at radius 3 is 3.00 bits per heavy atom. The highest BCUT2D eigenvalue weighted by Gasteiger charge is 2.35. The molecule has 2 N–H and O–H groups in total. The predicted octanol–water partition coefficient (Wildman–Crippen LogP) is 2.96. The second-order valence-electron chi connectivity index (χ2n) is 5.60. The summed E-state index contributed by atoms with van der Waals surface area (Å²) in [7, 11) is 0. The molecule has 1 aliphatic carbocycles. The van der Waals surface area contributed by atoms with Gasteiger partial charge in [0.25, 0.3) is 5.91 Å². The first-order chi connectivity index (χ1) is 9.04. The molecular weight excluding hydrogens is 353 g/mol. The summed E-state index contributed by atoms with van der Waals surface area (Å²) >= 11 is 2.20. The largest absolute Gasteiger partial charge is 0.394 e. The van der Waals surface area contributed by atoms with Crippen molar-refractivity contribution in [2.24, 2.45) is 5.92 Å². The van der Waals surface area contributed by atoms with Crippen LogP contribution in [0.3, 0.4) is 0 Å². The molecule has 2 rings (SSSR count). The van der Waals surface area contributed by atoms with Crippen LogP contribution in [0.25, 0.3) is 0 Å². The van der Waals surface area contributed by atoms with Crippen LogP contribution >= 0.6 is 22.6 Å². The topological polar surface area (TPSA) is 49.3 Å². The molecule has 1 fully saturated rings. The van der Waals surface area contributed by atoms with Crippen molar-refractivity contribution in [1.29, 1.82) is 0 Å². The van der Waals surface area contributed by atoms with E-state index in [1.807, 2.05) is 24.3 Å². The highest BCUT2D eigenvalue weighted by Crippen LogP contribution is 2.32. The van der Waals surface area contributed by atoms with Crippen LogP contribution in [-0.2, 0) is 0 Å². The molecule has 2 unspecified atom stereocenters. The zero-order valence-corrected chi connectivity index (χ0v) is 13.3. The lowest BCUT2D eigenvalue weighted by molar-refractivity contribution is 0.0697. The van der Waals surface area contributed by atoms with Crippen LogP contribution in [0, 0.1) is 9.49 Å². The van der Waals surface area contributed by atoms with Crippen molar-refractivity contribution >= 4 is 28.5 Å². The van der Waals surface area contributed by atoms with E-state index < -0.39 is 5.54 Å². The van der Waals surface area contributed by atoms with E-state index in [0.29, 0.717) is 11.5 Å². The summed E-state index contributed by atoms with van der Waals surface area (Å²) in [5.74, 6) is 0.471. The standard InChI is InChI=1S/C15H20INO2/c1-11-4-3-7-15(9-11,10-18)17-14(19)12-5-2-6-13(16)8-12/h2,5-6,8,11,18H,3-4,7,9-10H2,1H3,(H,17,19). The first kappa shape index (κ1) is 14.8. The summed E-state index contributed by atoms with van der Waals surface area (Å²) in [6.45, 7) is 2.20. The third-order valence-corrected chi connectivity index (χ3v) is 4.53. The number of aliphatic hydroxyl groups is 1. The maximum atomic E-state index is 12.3. The van der Waals surface area contributed by atoms with Crippen LogP contribution in [0.1, 0.15) is 43.0 Å². The molecule has 0 radical (unpaired) electrons. The maximum absolute atomic E-state index is 12.3. The van der Waals surface area contributed by atoms with Gasteiger partial charge >= 0.3 is 0 Å². The summed E-state index contributed by atoms with van der Waals surface area (Å²) in [6, 6.07) is 7.52. The smallest absolute Gasteiger partial charge is 0.251 e. The molecule has 4 heteroatoms. The number of carbonyl (C=O) groups is 1. The second-order valence-corrected chi connectivity index (χ2v) is 6.85. The SMILES string of the molecule is CC1CCCC(CO)(NC(=O)c2cccc(I)c2)C1. The monoisotopic (exact) mass is 373 g/mol. The van der Waals surface area contributed by atoms with E-state index in [2.05, 4.69) is 34.8 Å². The first-order valence-corrected chi connectivity index (χ1v) is 7.81. The molecule has 1 amide bonds. The Bertz CT molecular complexity index is 463. The zero-order valence-electron chi connectivity index (χ0n) is 11.2. The predicted molar refractivity (Wildman–Crippen MR) is 84.1 cm³/mol. The van der Waals surface area contributed by atoms with Crippen LogP contribution in [0.2, 0.25) is 0 Å². The number of rotatable bonds is 3. The van der Waals surface area contributed by atoms with Crippen molar-refractivity contribution in [2.75, 3.05) is 6.61 Å². The van der Waals surface area contributed by atoms with E-state index in [4.69, 9.17) is 0 Å². The number of benzene rings is 1. The molecular formula is C15H20INO2. The van der Waals surface area contributed by atoms with Crippen molar-refractivity contribution < 1.29 is 9.90 Å². The molecule has 3 nitrogen and oxygen atoms in total. The molecule has 1 aromatic rings. The van der Waals surface area contributed by atoms with E-state index in [1.54, 1.807) is 0 Å². The zero-order chi connectivity index (χ0) is 13.9. The van der Waals surface area contributed by atoms with Crippen LogP contribution in [0.4, 0.5) is 0 Å². The average molecular weight is 373 g/mol. The highest BCUT2D eigenvalue weighted by atomic mass is 127. The van der Waals surface area contributed by atoms with E-state index in [1.165, 1.54) is 6.42 Å². The molecule has 1 aliphatic rings. The van der Waals surface area contributed by atoms with Gasteiger partial charge in [0, 0.05) is 9.13 Å². The summed E-state index contributed by atoms with van der Waals surface area (Å²) in [5, 5.41) is 12.8. The quantitative estimate of drug-likeness (QED) is 0.801. The molecule has 2 atom stereocenters. The third kappa shape index (κ3) is 3.69. The molecule has 104 valence electrons. The van der Waals surface area contributed by atoms with E-state index in [0.717, 1.165) is 22.8 Å². The van der Waals surface area contributed by atoms with Crippen LogP contribution in [0.5, 0.6) is 0 Å². The fourth-order valence-corrected chi connectivity index (χ4v) is 3.44. The lowest BCUT2D eigenvalue weighted by atomic mass is 9.76. The van der Waals surface area contributed by atoms with E-state index in [9.17, 15) is 9.90 Å². The third-order valence-electron chi connectivity index (χ3n) is 3.86. The number of amides is 1. The molecule has 0 aromatic heterocycles. The summed E-state index contributed by atoms with van der Waals surface area (Å²) in [4.78, 5) is 12.3. The van der Waals surface area contributed by atoms with Gasteiger partial charge < -0.3 is 10.4 Å². The molecule has 0 spiro atoms. The van der Waals surface area contributed by atoms with Gasteiger partial charge in [-0.05, 0) is 59.5 Å². The van der Waals surface area contributed by atoms with Crippen molar-refractivity contribution in [1.82, 2.24) is 5.32 Å². The number of carbonyl (C=O) groups excluding carboxylic acids is 1. The van der Waals surface area contributed by atoms with E-state index >= 15 is 0 Å². The summed E-state index contributed by atoms with van der Waals surface area (Å²) < 4.78 is 1.04. The summed E-state index contributed by atoms with van der Waals surface area (Å²) in [5.41, 5.74) is 0.230. The van der Waals surface area contributed by atoms with Crippen LogP contribution in [0.15, 0.2) is 24.3 Å².